The first-order chi connectivity index (χ1) is 9.20. The standard InChI is InChI=1S/C13H16BrFN2O3/c1-4-17(13(2,3)11(18)19)12(20)16-10-6-5-8(14)7-9(10)15/h5-7H,4H2,1-3H3,(H,16,20)(H,18,19). The summed E-state index contributed by atoms with van der Waals surface area (Å²) in [6.07, 6.45) is 0. The number of hydrogen-bond acceptors (Lipinski definition) is 2. The van der Waals surface area contributed by atoms with Gasteiger partial charge in [0.1, 0.15) is 11.4 Å². The van der Waals surface area contributed by atoms with E-state index in [9.17, 15) is 14.0 Å². The van der Waals surface area contributed by atoms with E-state index in [1.165, 1.54) is 26.0 Å². The molecule has 0 aliphatic heterocycles. The molecule has 0 bridgehead atoms. The maximum Gasteiger partial charge on any atom is 0.329 e. The monoisotopic (exact) mass is 346 g/mol. The number of aliphatic carboxylic acids is 1. The number of anilines is 1. The van der Waals surface area contributed by atoms with Gasteiger partial charge in [-0.15, -0.1) is 0 Å². The first-order valence-electron chi connectivity index (χ1n) is 5.97. The molecule has 5 nitrogen and oxygen atoms in total. The topological polar surface area (TPSA) is 69.6 Å². The summed E-state index contributed by atoms with van der Waals surface area (Å²) in [7, 11) is 0. The molecule has 20 heavy (non-hydrogen) atoms. The Bertz CT molecular complexity index is 534. The molecule has 0 fully saturated rings. The summed E-state index contributed by atoms with van der Waals surface area (Å²) in [5.41, 5.74) is -1.39. The molecular weight excluding hydrogens is 331 g/mol. The summed E-state index contributed by atoms with van der Waals surface area (Å²) >= 11 is 3.12. The van der Waals surface area contributed by atoms with Crippen molar-refractivity contribution in [2.75, 3.05) is 11.9 Å². The normalized spacial score (nSPS) is 11.1. The number of hydrogen-bond donors (Lipinski definition) is 2. The summed E-state index contributed by atoms with van der Waals surface area (Å²) in [5, 5.41) is 11.5. The number of nitrogens with one attached hydrogen (secondary N) is 1. The number of benzene rings is 1. The third-order valence-corrected chi connectivity index (χ3v) is 3.43. The van der Waals surface area contributed by atoms with Crippen molar-refractivity contribution in [3.8, 4) is 0 Å². The van der Waals surface area contributed by atoms with Crippen LogP contribution < -0.4 is 5.32 Å². The zero-order valence-electron chi connectivity index (χ0n) is 11.4. The van der Waals surface area contributed by atoms with Crippen molar-refractivity contribution < 1.29 is 19.1 Å². The van der Waals surface area contributed by atoms with Crippen LogP contribution in [0.15, 0.2) is 22.7 Å². The van der Waals surface area contributed by atoms with Crippen LogP contribution in [0.1, 0.15) is 20.8 Å². The van der Waals surface area contributed by atoms with E-state index in [4.69, 9.17) is 5.11 Å². The second-order valence-electron chi connectivity index (χ2n) is 4.66. The van der Waals surface area contributed by atoms with Crippen LogP contribution in [0.2, 0.25) is 0 Å². The first-order valence-corrected chi connectivity index (χ1v) is 6.76. The van der Waals surface area contributed by atoms with Gasteiger partial charge in [0.25, 0.3) is 0 Å². The van der Waals surface area contributed by atoms with Gasteiger partial charge in [-0.1, -0.05) is 15.9 Å². The number of urea groups is 1. The molecule has 0 aromatic heterocycles. The number of carbonyl (C=O) groups excluding carboxylic acids is 1. The van der Waals surface area contributed by atoms with Gasteiger partial charge in [-0.2, -0.15) is 0 Å². The van der Waals surface area contributed by atoms with Gasteiger partial charge in [0, 0.05) is 11.0 Å². The van der Waals surface area contributed by atoms with Crippen LogP contribution in [0.25, 0.3) is 0 Å². The number of halogens is 2. The SMILES string of the molecule is CCN(C(=O)Nc1ccc(Br)cc1F)C(C)(C)C(=O)O. The Morgan fingerprint density at radius 1 is 1.45 bits per heavy atom. The zero-order valence-corrected chi connectivity index (χ0v) is 13.0. The van der Waals surface area contributed by atoms with Crippen molar-refractivity contribution in [1.82, 2.24) is 4.90 Å². The summed E-state index contributed by atoms with van der Waals surface area (Å²) in [5.74, 6) is -1.73. The van der Waals surface area contributed by atoms with Gasteiger partial charge in [-0.05, 0) is 39.0 Å². The second kappa shape index (κ2) is 6.21. The quantitative estimate of drug-likeness (QED) is 0.878. The fourth-order valence-electron chi connectivity index (χ4n) is 1.68. The minimum atomic E-state index is -1.38. The lowest BCUT2D eigenvalue weighted by molar-refractivity contribution is -0.147. The number of carboxylic acids is 1. The smallest absolute Gasteiger partial charge is 0.329 e. The van der Waals surface area contributed by atoms with E-state index < -0.39 is 23.4 Å². The summed E-state index contributed by atoms with van der Waals surface area (Å²) in [6, 6.07) is 3.53. The minimum absolute atomic E-state index is 0.00200. The fourth-order valence-corrected chi connectivity index (χ4v) is 2.01. The maximum absolute atomic E-state index is 13.7. The molecule has 2 amide bonds. The highest BCUT2D eigenvalue weighted by Gasteiger charge is 2.37. The molecule has 2 N–H and O–H groups in total. The van der Waals surface area contributed by atoms with Crippen LogP contribution in [0.3, 0.4) is 0 Å². The van der Waals surface area contributed by atoms with Gasteiger partial charge in [-0.25, -0.2) is 14.0 Å². The molecule has 0 saturated carbocycles. The third kappa shape index (κ3) is 3.47. The molecule has 0 aliphatic carbocycles. The van der Waals surface area contributed by atoms with Gasteiger partial charge >= 0.3 is 12.0 Å². The summed E-state index contributed by atoms with van der Waals surface area (Å²) < 4.78 is 14.2. The van der Waals surface area contributed by atoms with Crippen molar-refractivity contribution >= 4 is 33.6 Å². The predicted molar refractivity (Wildman–Crippen MR) is 77.2 cm³/mol. The number of rotatable bonds is 4. The number of carboxylic acid groups (broad SMARTS) is 1. The lowest BCUT2D eigenvalue weighted by Crippen LogP contribution is -2.54. The summed E-state index contributed by atoms with van der Waals surface area (Å²) in [6.45, 7) is 4.66. The van der Waals surface area contributed by atoms with Crippen LogP contribution in [-0.4, -0.2) is 34.1 Å². The molecular formula is C13H16BrFN2O3. The molecule has 1 aromatic rings. The molecule has 0 saturated heterocycles. The predicted octanol–water partition coefficient (Wildman–Crippen LogP) is 3.31. The molecule has 0 aliphatic rings. The minimum Gasteiger partial charge on any atom is -0.480 e. The first kappa shape index (κ1) is 16.4. The molecule has 0 heterocycles. The Morgan fingerprint density at radius 3 is 2.50 bits per heavy atom. The Balaban J connectivity index is 2.96. The molecule has 7 heteroatoms. The van der Waals surface area contributed by atoms with E-state index >= 15 is 0 Å². The van der Waals surface area contributed by atoms with Crippen LogP contribution in [0.5, 0.6) is 0 Å². The van der Waals surface area contributed by atoms with Gasteiger partial charge in [0.2, 0.25) is 0 Å². The molecule has 0 unspecified atom stereocenters. The molecule has 1 aromatic carbocycles. The fraction of sp³-hybridized carbons (Fsp3) is 0.385. The van der Waals surface area contributed by atoms with Crippen LogP contribution in [0, 0.1) is 5.82 Å². The Morgan fingerprint density at radius 2 is 2.05 bits per heavy atom. The van der Waals surface area contributed by atoms with Crippen molar-refractivity contribution in [3.05, 3.63) is 28.5 Å². The summed E-state index contributed by atoms with van der Waals surface area (Å²) in [4.78, 5) is 24.4. The van der Waals surface area contributed by atoms with Gasteiger partial charge in [0.05, 0.1) is 5.69 Å². The maximum atomic E-state index is 13.7. The van der Waals surface area contributed by atoms with E-state index in [-0.39, 0.29) is 12.2 Å². The van der Waals surface area contributed by atoms with E-state index in [0.29, 0.717) is 4.47 Å². The molecule has 0 radical (unpaired) electrons. The highest BCUT2D eigenvalue weighted by atomic mass is 79.9. The van der Waals surface area contributed by atoms with Crippen molar-refractivity contribution in [2.24, 2.45) is 0 Å². The van der Waals surface area contributed by atoms with Crippen molar-refractivity contribution in [1.29, 1.82) is 0 Å². The van der Waals surface area contributed by atoms with Crippen LogP contribution in [0.4, 0.5) is 14.9 Å². The third-order valence-electron chi connectivity index (χ3n) is 2.93. The second-order valence-corrected chi connectivity index (χ2v) is 5.58. The van der Waals surface area contributed by atoms with Gasteiger partial charge in [-0.3, -0.25) is 0 Å². The molecule has 0 spiro atoms. The van der Waals surface area contributed by atoms with Crippen molar-refractivity contribution in [2.45, 2.75) is 26.3 Å². The molecule has 110 valence electrons. The van der Waals surface area contributed by atoms with E-state index in [1.807, 2.05) is 0 Å². The van der Waals surface area contributed by atoms with E-state index in [0.717, 1.165) is 4.90 Å². The van der Waals surface area contributed by atoms with E-state index in [1.54, 1.807) is 13.0 Å². The lowest BCUT2D eigenvalue weighted by atomic mass is 10.0. The Hall–Kier alpha value is -1.63. The van der Waals surface area contributed by atoms with Crippen LogP contribution >= 0.6 is 15.9 Å². The average Bonchev–Trinajstić information content (AvgIpc) is 2.33. The highest BCUT2D eigenvalue weighted by molar-refractivity contribution is 9.10. The molecule has 0 atom stereocenters. The Kier molecular flexibility index (Phi) is 5.10. The largest absolute Gasteiger partial charge is 0.480 e. The lowest BCUT2D eigenvalue weighted by Gasteiger charge is -2.34. The zero-order chi connectivity index (χ0) is 15.5. The molecule has 1 rings (SSSR count). The van der Waals surface area contributed by atoms with Crippen molar-refractivity contribution in [3.63, 3.8) is 0 Å². The van der Waals surface area contributed by atoms with Gasteiger partial charge in [0.15, 0.2) is 0 Å². The number of carbonyl (C=O) groups is 2. The number of likely N-dealkylation sites (N-methyl/N-ethyl adjacent to an activating group) is 1. The van der Waals surface area contributed by atoms with E-state index in [2.05, 4.69) is 21.2 Å². The number of amides is 2. The highest BCUT2D eigenvalue weighted by Crippen LogP contribution is 2.21. The number of nitrogens with zero attached hydrogens (tertiary/aromatic N) is 1. The Labute approximate surface area is 124 Å². The average molecular weight is 347 g/mol. The van der Waals surface area contributed by atoms with Gasteiger partial charge < -0.3 is 15.3 Å². The van der Waals surface area contributed by atoms with Crippen LogP contribution in [-0.2, 0) is 4.79 Å².